The van der Waals surface area contributed by atoms with Gasteiger partial charge in [0.05, 0.1) is 12.9 Å². The van der Waals surface area contributed by atoms with Crippen molar-refractivity contribution in [3.05, 3.63) is 59.6 Å². The summed E-state index contributed by atoms with van der Waals surface area (Å²) in [6, 6.07) is 5.82. The Hall–Kier alpha value is -3.27. The minimum Gasteiger partial charge on any atom is -0.357 e. The van der Waals surface area contributed by atoms with Crippen LogP contribution in [-0.4, -0.2) is 21.5 Å². The van der Waals surface area contributed by atoms with Gasteiger partial charge in [-0.25, -0.2) is 9.37 Å². The number of halogens is 1. The van der Waals surface area contributed by atoms with Gasteiger partial charge in [-0.2, -0.15) is 5.26 Å². The molecular formula is C16H14FN5O. The van der Waals surface area contributed by atoms with Crippen molar-refractivity contribution in [3.63, 3.8) is 0 Å². The molecule has 2 rings (SSSR count). The third kappa shape index (κ3) is 4.11. The van der Waals surface area contributed by atoms with Gasteiger partial charge in [0.15, 0.2) is 11.5 Å². The van der Waals surface area contributed by atoms with E-state index in [4.69, 9.17) is 10.7 Å². The Labute approximate surface area is 132 Å². The van der Waals surface area contributed by atoms with Gasteiger partial charge in [0.2, 0.25) is 0 Å². The zero-order chi connectivity index (χ0) is 16.8. The summed E-state index contributed by atoms with van der Waals surface area (Å²) in [4.78, 5) is 15.5. The van der Waals surface area contributed by atoms with Gasteiger partial charge in [0.25, 0.3) is 0 Å². The monoisotopic (exact) mass is 311 g/mol. The fraction of sp³-hybridized carbons (Fsp3) is 0.125. The fourth-order valence-electron chi connectivity index (χ4n) is 2.03. The molecule has 7 heteroatoms. The summed E-state index contributed by atoms with van der Waals surface area (Å²) < 4.78 is 15.0. The van der Waals surface area contributed by atoms with E-state index in [0.29, 0.717) is 17.9 Å². The number of hydrogen-bond donors (Lipinski definition) is 2. The first-order chi connectivity index (χ1) is 11.0. The highest BCUT2D eigenvalue weighted by Crippen LogP contribution is 2.20. The van der Waals surface area contributed by atoms with E-state index in [1.807, 2.05) is 6.07 Å². The Morgan fingerprint density at radius 2 is 2.35 bits per heavy atom. The first-order valence-electron chi connectivity index (χ1n) is 6.72. The third-order valence-corrected chi connectivity index (χ3v) is 3.04. The van der Waals surface area contributed by atoms with Gasteiger partial charge < -0.3 is 15.3 Å². The Bertz CT molecular complexity index is 816. The summed E-state index contributed by atoms with van der Waals surface area (Å²) in [6.45, 7) is 1.67. The van der Waals surface area contributed by atoms with Crippen molar-refractivity contribution in [2.75, 3.05) is 5.32 Å². The SMILES string of the molecule is CC(=O)c1cc(F)ccc1N/C(=C\C=N)Cn1cnc(C#N)c1. The fourth-order valence-corrected chi connectivity index (χ4v) is 2.03. The maximum atomic E-state index is 13.3. The molecule has 23 heavy (non-hydrogen) atoms. The largest absolute Gasteiger partial charge is 0.357 e. The lowest BCUT2D eigenvalue weighted by atomic mass is 10.1. The maximum Gasteiger partial charge on any atom is 0.161 e. The number of Topliss-reactive ketones (excluding diaryl/α,β-unsaturated/α-hetero) is 1. The minimum absolute atomic E-state index is 0.226. The average molecular weight is 311 g/mol. The van der Waals surface area contributed by atoms with Crippen molar-refractivity contribution in [2.24, 2.45) is 0 Å². The lowest BCUT2D eigenvalue weighted by Gasteiger charge is -2.14. The average Bonchev–Trinajstić information content (AvgIpc) is 2.96. The van der Waals surface area contributed by atoms with Gasteiger partial charge in [-0.05, 0) is 31.2 Å². The lowest BCUT2D eigenvalue weighted by molar-refractivity contribution is 0.101. The van der Waals surface area contributed by atoms with Gasteiger partial charge in [-0.3, -0.25) is 4.79 Å². The van der Waals surface area contributed by atoms with Crippen molar-refractivity contribution in [1.82, 2.24) is 9.55 Å². The first-order valence-corrected chi connectivity index (χ1v) is 6.72. The number of imidazole rings is 1. The van der Waals surface area contributed by atoms with Crippen LogP contribution in [-0.2, 0) is 6.54 Å². The molecule has 0 saturated carbocycles. The van der Waals surface area contributed by atoms with Crippen molar-refractivity contribution < 1.29 is 9.18 Å². The molecule has 0 amide bonds. The second-order valence-corrected chi connectivity index (χ2v) is 4.77. The smallest absolute Gasteiger partial charge is 0.161 e. The molecule has 0 fully saturated rings. The van der Waals surface area contributed by atoms with Gasteiger partial charge in [0, 0.05) is 29.4 Å². The molecule has 0 aliphatic rings. The summed E-state index contributed by atoms with van der Waals surface area (Å²) in [5.74, 6) is -0.762. The van der Waals surface area contributed by atoms with Crippen LogP contribution in [0.1, 0.15) is 23.0 Å². The van der Waals surface area contributed by atoms with Crippen LogP contribution in [0.15, 0.2) is 42.5 Å². The van der Waals surface area contributed by atoms with Crippen molar-refractivity contribution in [3.8, 4) is 6.07 Å². The highest BCUT2D eigenvalue weighted by atomic mass is 19.1. The molecule has 1 heterocycles. The van der Waals surface area contributed by atoms with E-state index in [0.717, 1.165) is 12.3 Å². The number of allylic oxidation sites excluding steroid dienone is 2. The lowest BCUT2D eigenvalue weighted by Crippen LogP contribution is -2.10. The summed E-state index contributed by atoms with van der Waals surface area (Å²) in [5, 5.41) is 19.0. The van der Waals surface area contributed by atoms with Crippen LogP contribution in [0.2, 0.25) is 0 Å². The van der Waals surface area contributed by atoms with E-state index in [1.165, 1.54) is 31.5 Å². The number of nitrogens with zero attached hydrogens (tertiary/aromatic N) is 3. The second-order valence-electron chi connectivity index (χ2n) is 4.77. The summed E-state index contributed by atoms with van der Waals surface area (Å²) >= 11 is 0. The van der Waals surface area contributed by atoms with E-state index < -0.39 is 5.82 Å². The van der Waals surface area contributed by atoms with E-state index in [1.54, 1.807) is 10.8 Å². The van der Waals surface area contributed by atoms with E-state index in [2.05, 4.69) is 10.3 Å². The normalized spacial score (nSPS) is 10.9. The summed E-state index contributed by atoms with van der Waals surface area (Å²) in [5.41, 5.74) is 1.55. The van der Waals surface area contributed by atoms with Crippen LogP contribution in [0.25, 0.3) is 0 Å². The van der Waals surface area contributed by atoms with Gasteiger partial charge in [-0.1, -0.05) is 0 Å². The quantitative estimate of drug-likeness (QED) is 0.633. The van der Waals surface area contributed by atoms with Gasteiger partial charge in [-0.15, -0.1) is 0 Å². The van der Waals surface area contributed by atoms with Crippen LogP contribution in [0.3, 0.4) is 0 Å². The van der Waals surface area contributed by atoms with Gasteiger partial charge in [0.1, 0.15) is 11.9 Å². The molecule has 6 nitrogen and oxygen atoms in total. The molecule has 116 valence electrons. The van der Waals surface area contributed by atoms with E-state index >= 15 is 0 Å². The number of nitriles is 1. The van der Waals surface area contributed by atoms with Crippen LogP contribution in [0.4, 0.5) is 10.1 Å². The Morgan fingerprint density at radius 1 is 1.57 bits per heavy atom. The number of ketones is 1. The first kappa shape index (κ1) is 16.1. The standard InChI is InChI=1S/C16H14FN5O/c1-11(23)15-6-12(17)2-3-16(15)21-13(4-5-18)8-22-9-14(7-19)20-10-22/h2-6,9-10,18,21H,8H2,1H3/b13-4-,18-5?. The third-order valence-electron chi connectivity index (χ3n) is 3.04. The molecule has 0 unspecified atom stereocenters. The number of rotatable bonds is 6. The number of carbonyl (C=O) groups is 1. The number of anilines is 1. The van der Waals surface area contributed by atoms with Crippen LogP contribution < -0.4 is 5.32 Å². The molecule has 2 N–H and O–H groups in total. The molecule has 0 saturated heterocycles. The van der Waals surface area contributed by atoms with E-state index in [9.17, 15) is 9.18 Å². The number of carbonyl (C=O) groups excluding carboxylic acids is 1. The van der Waals surface area contributed by atoms with Crippen molar-refractivity contribution >= 4 is 17.7 Å². The Morgan fingerprint density at radius 3 is 2.96 bits per heavy atom. The molecule has 0 aliphatic carbocycles. The molecule has 0 spiro atoms. The number of aromatic nitrogens is 2. The molecule has 0 bridgehead atoms. The van der Waals surface area contributed by atoms with Gasteiger partial charge >= 0.3 is 0 Å². The zero-order valence-electron chi connectivity index (χ0n) is 12.4. The number of benzene rings is 1. The molecule has 0 radical (unpaired) electrons. The summed E-state index contributed by atoms with van der Waals surface area (Å²) in [7, 11) is 0. The predicted molar refractivity (Wildman–Crippen MR) is 83.8 cm³/mol. The Balaban J connectivity index is 2.27. The highest BCUT2D eigenvalue weighted by Gasteiger charge is 2.10. The van der Waals surface area contributed by atoms with Crippen LogP contribution in [0.5, 0.6) is 0 Å². The van der Waals surface area contributed by atoms with Crippen molar-refractivity contribution in [2.45, 2.75) is 13.5 Å². The molecule has 0 aliphatic heterocycles. The molecule has 0 atom stereocenters. The minimum atomic E-state index is -0.494. The van der Waals surface area contributed by atoms with Crippen LogP contribution >= 0.6 is 0 Å². The van der Waals surface area contributed by atoms with Crippen molar-refractivity contribution in [1.29, 1.82) is 10.7 Å². The highest BCUT2D eigenvalue weighted by molar-refractivity contribution is 5.99. The molecular weight excluding hydrogens is 297 g/mol. The number of hydrogen-bond acceptors (Lipinski definition) is 5. The topological polar surface area (TPSA) is 94.6 Å². The molecule has 2 aromatic rings. The van der Waals surface area contributed by atoms with E-state index in [-0.39, 0.29) is 17.0 Å². The maximum absolute atomic E-state index is 13.3. The molecule has 1 aromatic carbocycles. The predicted octanol–water partition coefficient (Wildman–Crippen LogP) is 2.74. The number of nitrogens with one attached hydrogen (secondary N) is 2. The second kappa shape index (κ2) is 7.13. The Kier molecular flexibility index (Phi) is 5.00. The summed E-state index contributed by atoms with van der Waals surface area (Å²) in [6.07, 6.45) is 5.67. The molecule has 1 aromatic heterocycles. The van der Waals surface area contributed by atoms with Crippen LogP contribution in [0, 0.1) is 22.6 Å². The zero-order valence-corrected chi connectivity index (χ0v) is 12.4.